The molecule has 1 atom stereocenters. The molecule has 0 unspecified atom stereocenters. The quantitative estimate of drug-likeness (QED) is 0.700. The van der Waals surface area contributed by atoms with Crippen LogP contribution in [0.2, 0.25) is 0 Å². The molecule has 0 aromatic carbocycles. The highest BCUT2D eigenvalue weighted by atomic mass is 32.2. The lowest BCUT2D eigenvalue weighted by atomic mass is 10.2. The van der Waals surface area contributed by atoms with E-state index in [1.54, 1.807) is 18.0 Å². The van der Waals surface area contributed by atoms with Crippen LogP contribution in [-0.4, -0.2) is 40.1 Å². The van der Waals surface area contributed by atoms with Crippen molar-refractivity contribution in [1.82, 2.24) is 15.6 Å². The number of nitrogens with zero attached hydrogens (tertiary/aromatic N) is 1. The van der Waals surface area contributed by atoms with Gasteiger partial charge in [-0.3, -0.25) is 0 Å². The van der Waals surface area contributed by atoms with Crippen molar-refractivity contribution in [2.75, 3.05) is 12.0 Å². The Morgan fingerprint density at radius 1 is 1.61 bits per heavy atom. The molecule has 1 aromatic rings. The summed E-state index contributed by atoms with van der Waals surface area (Å²) >= 11 is 2.97. The van der Waals surface area contributed by atoms with Crippen molar-refractivity contribution in [1.29, 1.82) is 0 Å². The number of carbonyl (C=O) groups is 2. The number of carboxylic acids is 1. The molecule has 3 N–H and O–H groups in total. The van der Waals surface area contributed by atoms with Gasteiger partial charge in [0, 0.05) is 11.6 Å². The van der Waals surface area contributed by atoms with Crippen molar-refractivity contribution in [3.8, 4) is 0 Å². The Labute approximate surface area is 113 Å². The lowest BCUT2D eigenvalue weighted by Crippen LogP contribution is -2.46. The highest BCUT2D eigenvalue weighted by Gasteiger charge is 2.19. The standard InChI is InChI=1S/C10H15N3O3S2/c1-17-4-2-7(9(14)15)13-10(16)12-6-8-11-3-5-18-8/h3,5,7H,2,4,6H2,1H3,(H,14,15)(H2,12,13,16)/t7-/m1/s1. The number of carbonyl (C=O) groups excluding carboxylic acids is 1. The van der Waals surface area contributed by atoms with Gasteiger partial charge in [-0.25, -0.2) is 14.6 Å². The van der Waals surface area contributed by atoms with E-state index in [9.17, 15) is 9.59 Å². The number of urea groups is 1. The van der Waals surface area contributed by atoms with Crippen LogP contribution in [0.15, 0.2) is 11.6 Å². The number of hydrogen-bond acceptors (Lipinski definition) is 5. The molecule has 1 aromatic heterocycles. The number of rotatable bonds is 7. The predicted molar refractivity (Wildman–Crippen MR) is 71.9 cm³/mol. The number of thiazole rings is 1. The fourth-order valence-electron chi connectivity index (χ4n) is 1.20. The van der Waals surface area contributed by atoms with Gasteiger partial charge < -0.3 is 15.7 Å². The molecule has 0 aliphatic heterocycles. The van der Waals surface area contributed by atoms with Gasteiger partial charge in [0.25, 0.3) is 0 Å². The van der Waals surface area contributed by atoms with Crippen LogP contribution in [0, 0.1) is 0 Å². The van der Waals surface area contributed by atoms with Crippen LogP contribution < -0.4 is 10.6 Å². The second-order valence-corrected chi connectivity index (χ2v) is 5.39. The molecule has 0 fully saturated rings. The maximum Gasteiger partial charge on any atom is 0.326 e. The van der Waals surface area contributed by atoms with Gasteiger partial charge in [-0.1, -0.05) is 0 Å². The summed E-state index contributed by atoms with van der Waals surface area (Å²) in [6, 6.07) is -1.34. The Morgan fingerprint density at radius 3 is 2.94 bits per heavy atom. The molecule has 2 amide bonds. The van der Waals surface area contributed by atoms with Gasteiger partial charge in [-0.2, -0.15) is 11.8 Å². The van der Waals surface area contributed by atoms with Gasteiger partial charge in [0.2, 0.25) is 0 Å². The van der Waals surface area contributed by atoms with Crippen molar-refractivity contribution >= 4 is 35.1 Å². The largest absolute Gasteiger partial charge is 0.480 e. The lowest BCUT2D eigenvalue weighted by Gasteiger charge is -2.14. The van der Waals surface area contributed by atoms with Crippen molar-refractivity contribution in [2.45, 2.75) is 19.0 Å². The maximum atomic E-state index is 11.5. The Balaban J connectivity index is 2.34. The predicted octanol–water partition coefficient (Wildman–Crippen LogP) is 1.15. The summed E-state index contributed by atoms with van der Waals surface area (Å²) < 4.78 is 0. The Morgan fingerprint density at radius 2 is 2.39 bits per heavy atom. The monoisotopic (exact) mass is 289 g/mol. The Hall–Kier alpha value is -1.28. The molecule has 100 valence electrons. The lowest BCUT2D eigenvalue weighted by molar-refractivity contribution is -0.139. The first kappa shape index (κ1) is 14.8. The molecule has 1 heterocycles. The van der Waals surface area contributed by atoms with E-state index in [0.717, 1.165) is 5.01 Å². The fraction of sp³-hybridized carbons (Fsp3) is 0.500. The number of amides is 2. The van der Waals surface area contributed by atoms with Gasteiger partial charge in [-0.05, 0) is 18.4 Å². The molecule has 0 radical (unpaired) electrons. The molecule has 0 bridgehead atoms. The van der Waals surface area contributed by atoms with Crippen LogP contribution in [0.5, 0.6) is 0 Å². The Kier molecular flexibility index (Phi) is 6.51. The number of carboxylic acid groups (broad SMARTS) is 1. The summed E-state index contributed by atoms with van der Waals surface area (Å²) in [5.74, 6) is -0.336. The topological polar surface area (TPSA) is 91.3 Å². The van der Waals surface area contributed by atoms with E-state index < -0.39 is 18.0 Å². The molecule has 0 aliphatic rings. The number of aromatic nitrogens is 1. The summed E-state index contributed by atoms with van der Waals surface area (Å²) in [4.78, 5) is 26.4. The molecule has 0 spiro atoms. The third-order valence-corrected chi connectivity index (χ3v) is 3.52. The second-order valence-electron chi connectivity index (χ2n) is 3.43. The summed E-state index contributed by atoms with van der Waals surface area (Å²) in [6.45, 7) is 0.304. The molecule has 6 nitrogen and oxygen atoms in total. The number of hydrogen-bond donors (Lipinski definition) is 3. The van der Waals surface area contributed by atoms with E-state index in [2.05, 4.69) is 15.6 Å². The van der Waals surface area contributed by atoms with Crippen molar-refractivity contribution in [3.05, 3.63) is 16.6 Å². The fourth-order valence-corrected chi connectivity index (χ4v) is 2.23. The SMILES string of the molecule is CSCC[C@@H](NC(=O)NCc1nccs1)C(=O)O. The van der Waals surface area contributed by atoms with Crippen LogP contribution >= 0.6 is 23.1 Å². The molecule has 18 heavy (non-hydrogen) atoms. The first-order valence-electron chi connectivity index (χ1n) is 5.28. The molecular formula is C10H15N3O3S2. The van der Waals surface area contributed by atoms with Crippen LogP contribution in [0.4, 0.5) is 4.79 Å². The van der Waals surface area contributed by atoms with E-state index >= 15 is 0 Å². The second kappa shape index (κ2) is 7.93. The molecule has 1 rings (SSSR count). The van der Waals surface area contributed by atoms with Crippen molar-refractivity contribution in [2.24, 2.45) is 0 Å². The summed E-state index contributed by atoms with van der Waals surface area (Å²) in [5.41, 5.74) is 0. The minimum atomic E-state index is -1.02. The van der Waals surface area contributed by atoms with Gasteiger partial charge >= 0.3 is 12.0 Å². The minimum absolute atomic E-state index is 0.304. The zero-order valence-electron chi connectivity index (χ0n) is 9.88. The van der Waals surface area contributed by atoms with Crippen LogP contribution in [0.1, 0.15) is 11.4 Å². The highest BCUT2D eigenvalue weighted by molar-refractivity contribution is 7.98. The summed E-state index contributed by atoms with van der Waals surface area (Å²) in [7, 11) is 0. The summed E-state index contributed by atoms with van der Waals surface area (Å²) in [5, 5.41) is 16.5. The van der Waals surface area contributed by atoms with Gasteiger partial charge in [0.05, 0.1) is 6.54 Å². The van der Waals surface area contributed by atoms with Gasteiger partial charge in [0.1, 0.15) is 11.0 Å². The normalized spacial score (nSPS) is 11.8. The summed E-state index contributed by atoms with van der Waals surface area (Å²) in [6.07, 6.45) is 3.95. The number of aliphatic carboxylic acids is 1. The van der Waals surface area contributed by atoms with Crippen LogP contribution in [-0.2, 0) is 11.3 Å². The minimum Gasteiger partial charge on any atom is -0.480 e. The maximum absolute atomic E-state index is 11.5. The molecule has 0 saturated carbocycles. The third kappa shape index (κ3) is 5.37. The molecular weight excluding hydrogens is 274 g/mol. The number of nitrogens with one attached hydrogen (secondary N) is 2. The van der Waals surface area contributed by atoms with Crippen molar-refractivity contribution in [3.63, 3.8) is 0 Å². The first-order chi connectivity index (χ1) is 8.63. The van der Waals surface area contributed by atoms with Gasteiger partial charge in [-0.15, -0.1) is 11.3 Å². The van der Waals surface area contributed by atoms with E-state index in [4.69, 9.17) is 5.11 Å². The molecule has 8 heteroatoms. The highest BCUT2D eigenvalue weighted by Crippen LogP contribution is 2.03. The Bertz CT molecular complexity index is 384. The van der Waals surface area contributed by atoms with Gasteiger partial charge in [0.15, 0.2) is 0 Å². The molecule has 0 saturated heterocycles. The zero-order chi connectivity index (χ0) is 13.4. The van der Waals surface area contributed by atoms with E-state index in [-0.39, 0.29) is 0 Å². The molecule has 0 aliphatic carbocycles. The van der Waals surface area contributed by atoms with E-state index in [1.807, 2.05) is 11.6 Å². The average molecular weight is 289 g/mol. The van der Waals surface area contributed by atoms with E-state index in [1.165, 1.54) is 11.3 Å². The third-order valence-electron chi connectivity index (χ3n) is 2.10. The first-order valence-corrected chi connectivity index (χ1v) is 7.55. The van der Waals surface area contributed by atoms with Crippen LogP contribution in [0.25, 0.3) is 0 Å². The van der Waals surface area contributed by atoms with Crippen molar-refractivity contribution < 1.29 is 14.7 Å². The average Bonchev–Trinajstić information content (AvgIpc) is 2.84. The number of thioether (sulfide) groups is 1. The van der Waals surface area contributed by atoms with Crippen LogP contribution in [0.3, 0.4) is 0 Å². The van der Waals surface area contributed by atoms with E-state index in [0.29, 0.717) is 18.7 Å². The zero-order valence-corrected chi connectivity index (χ0v) is 11.5. The smallest absolute Gasteiger partial charge is 0.326 e.